The van der Waals surface area contributed by atoms with Gasteiger partial charge in [0.05, 0.1) is 10.9 Å². The van der Waals surface area contributed by atoms with Crippen molar-refractivity contribution in [3.8, 4) is 0 Å². The molecule has 0 saturated heterocycles. The SMILES string of the molecule is CC(C)(CNC(=O)c1cc(N)c2ccccc2n1)C(N)=O. The highest BCUT2D eigenvalue weighted by Crippen LogP contribution is 2.20. The molecule has 0 radical (unpaired) electrons. The molecule has 0 bridgehead atoms. The summed E-state index contributed by atoms with van der Waals surface area (Å²) in [7, 11) is 0. The molecule has 0 unspecified atom stereocenters. The van der Waals surface area contributed by atoms with E-state index in [0.29, 0.717) is 11.2 Å². The Kier molecular flexibility index (Phi) is 3.80. The monoisotopic (exact) mass is 286 g/mol. The fraction of sp³-hybridized carbons (Fsp3) is 0.267. The summed E-state index contributed by atoms with van der Waals surface area (Å²) in [6.45, 7) is 3.46. The van der Waals surface area contributed by atoms with Gasteiger partial charge in [-0.25, -0.2) is 4.98 Å². The minimum atomic E-state index is -0.821. The number of carbonyl (C=O) groups excluding carboxylic acids is 2. The summed E-state index contributed by atoms with van der Waals surface area (Å²) >= 11 is 0. The number of carbonyl (C=O) groups is 2. The second kappa shape index (κ2) is 5.40. The number of hydrogen-bond acceptors (Lipinski definition) is 4. The van der Waals surface area contributed by atoms with E-state index in [4.69, 9.17) is 11.5 Å². The van der Waals surface area contributed by atoms with Crippen LogP contribution >= 0.6 is 0 Å². The number of nitrogens with one attached hydrogen (secondary N) is 1. The number of pyridine rings is 1. The van der Waals surface area contributed by atoms with E-state index in [9.17, 15) is 9.59 Å². The Balaban J connectivity index is 2.22. The molecule has 1 aromatic carbocycles. The number of anilines is 1. The lowest BCUT2D eigenvalue weighted by Crippen LogP contribution is -2.42. The summed E-state index contributed by atoms with van der Waals surface area (Å²) in [5.74, 6) is -0.865. The minimum Gasteiger partial charge on any atom is -0.398 e. The number of benzene rings is 1. The highest BCUT2D eigenvalue weighted by molar-refractivity contribution is 5.99. The fourth-order valence-corrected chi connectivity index (χ4v) is 1.80. The van der Waals surface area contributed by atoms with Gasteiger partial charge in [-0.15, -0.1) is 0 Å². The second-order valence-electron chi connectivity index (χ2n) is 5.54. The maximum absolute atomic E-state index is 12.1. The summed E-state index contributed by atoms with van der Waals surface area (Å²) in [4.78, 5) is 27.6. The molecule has 5 N–H and O–H groups in total. The van der Waals surface area contributed by atoms with Gasteiger partial charge >= 0.3 is 0 Å². The smallest absolute Gasteiger partial charge is 0.270 e. The molecule has 6 nitrogen and oxygen atoms in total. The van der Waals surface area contributed by atoms with Crippen LogP contribution in [0.25, 0.3) is 10.9 Å². The minimum absolute atomic E-state index is 0.135. The molecule has 0 aliphatic heterocycles. The van der Waals surface area contributed by atoms with Crippen LogP contribution in [0.4, 0.5) is 5.69 Å². The molecule has 1 aromatic heterocycles. The summed E-state index contributed by atoms with van der Waals surface area (Å²) in [5.41, 5.74) is 11.7. The fourth-order valence-electron chi connectivity index (χ4n) is 1.80. The average molecular weight is 286 g/mol. The number of rotatable bonds is 4. The molecule has 0 aliphatic rings. The Hall–Kier alpha value is -2.63. The number of aromatic nitrogens is 1. The van der Waals surface area contributed by atoms with Gasteiger partial charge in [0.15, 0.2) is 0 Å². The van der Waals surface area contributed by atoms with Gasteiger partial charge < -0.3 is 16.8 Å². The molecule has 0 aliphatic carbocycles. The number of amides is 2. The Morgan fingerprint density at radius 1 is 1.29 bits per heavy atom. The molecular formula is C15H18N4O2. The molecule has 0 saturated carbocycles. The van der Waals surface area contributed by atoms with Crippen molar-refractivity contribution in [1.29, 1.82) is 0 Å². The molecule has 21 heavy (non-hydrogen) atoms. The number of nitrogens with two attached hydrogens (primary N) is 2. The van der Waals surface area contributed by atoms with Crippen LogP contribution in [-0.4, -0.2) is 23.3 Å². The standard InChI is InChI=1S/C15H18N4O2/c1-15(2,14(17)21)8-18-13(20)12-7-10(16)9-5-3-4-6-11(9)19-12/h3-7H,8H2,1-2H3,(H2,16,19)(H2,17,21)(H,18,20). The highest BCUT2D eigenvalue weighted by Gasteiger charge is 2.26. The molecule has 0 fully saturated rings. The lowest BCUT2D eigenvalue weighted by molar-refractivity contribution is -0.125. The lowest BCUT2D eigenvalue weighted by atomic mass is 9.93. The van der Waals surface area contributed by atoms with Gasteiger partial charge in [-0.3, -0.25) is 9.59 Å². The number of nitrogen functional groups attached to an aromatic ring is 1. The number of hydrogen-bond donors (Lipinski definition) is 3. The van der Waals surface area contributed by atoms with Crippen LogP contribution in [0.2, 0.25) is 0 Å². The molecule has 6 heteroatoms. The van der Waals surface area contributed by atoms with Gasteiger partial charge in [0, 0.05) is 17.6 Å². The summed E-state index contributed by atoms with van der Waals surface area (Å²) in [6.07, 6.45) is 0. The van der Waals surface area contributed by atoms with Crippen molar-refractivity contribution in [3.63, 3.8) is 0 Å². The van der Waals surface area contributed by atoms with E-state index in [0.717, 1.165) is 5.39 Å². The van der Waals surface area contributed by atoms with Crippen LogP contribution < -0.4 is 16.8 Å². The van der Waals surface area contributed by atoms with Gasteiger partial charge in [-0.2, -0.15) is 0 Å². The van der Waals surface area contributed by atoms with Gasteiger partial charge in [-0.1, -0.05) is 18.2 Å². The normalized spacial score (nSPS) is 11.3. The van der Waals surface area contributed by atoms with Gasteiger partial charge in [0.2, 0.25) is 5.91 Å². The second-order valence-corrected chi connectivity index (χ2v) is 5.54. The van der Waals surface area contributed by atoms with Crippen molar-refractivity contribution in [2.75, 3.05) is 12.3 Å². The molecule has 110 valence electrons. The molecule has 2 aromatic rings. The van der Waals surface area contributed by atoms with Crippen LogP contribution in [0.5, 0.6) is 0 Å². The van der Waals surface area contributed by atoms with E-state index in [1.807, 2.05) is 18.2 Å². The van der Waals surface area contributed by atoms with E-state index in [2.05, 4.69) is 10.3 Å². The quantitative estimate of drug-likeness (QED) is 0.780. The van der Waals surface area contributed by atoms with E-state index < -0.39 is 11.3 Å². The Bertz CT molecular complexity index is 710. The summed E-state index contributed by atoms with van der Waals surface area (Å²) < 4.78 is 0. The van der Waals surface area contributed by atoms with Crippen molar-refractivity contribution in [1.82, 2.24) is 10.3 Å². The van der Waals surface area contributed by atoms with E-state index in [1.54, 1.807) is 19.9 Å². The Morgan fingerprint density at radius 3 is 2.62 bits per heavy atom. The van der Waals surface area contributed by atoms with Gasteiger partial charge in [0.1, 0.15) is 5.69 Å². The van der Waals surface area contributed by atoms with E-state index in [1.165, 1.54) is 6.07 Å². The maximum Gasteiger partial charge on any atom is 0.270 e. The molecular weight excluding hydrogens is 268 g/mol. The third-order valence-electron chi connectivity index (χ3n) is 3.34. The summed E-state index contributed by atoms with van der Waals surface area (Å²) in [6, 6.07) is 8.84. The number of primary amides is 1. The van der Waals surface area contributed by atoms with Crippen LogP contribution in [-0.2, 0) is 4.79 Å². The molecule has 2 rings (SSSR count). The first-order chi connectivity index (χ1) is 9.81. The van der Waals surface area contributed by atoms with Crippen molar-refractivity contribution >= 4 is 28.4 Å². The van der Waals surface area contributed by atoms with Crippen molar-refractivity contribution in [3.05, 3.63) is 36.0 Å². The Labute approximate surface area is 122 Å². The average Bonchev–Trinajstić information content (AvgIpc) is 2.44. The number of nitrogens with zero attached hydrogens (tertiary/aromatic N) is 1. The van der Waals surface area contributed by atoms with Crippen LogP contribution in [0.15, 0.2) is 30.3 Å². The zero-order valence-electron chi connectivity index (χ0n) is 12.0. The zero-order chi connectivity index (χ0) is 15.6. The highest BCUT2D eigenvalue weighted by atomic mass is 16.2. The van der Waals surface area contributed by atoms with Gasteiger partial charge in [0.25, 0.3) is 5.91 Å². The first-order valence-electron chi connectivity index (χ1n) is 6.54. The number of para-hydroxylation sites is 1. The zero-order valence-corrected chi connectivity index (χ0v) is 12.0. The molecule has 0 atom stereocenters. The third-order valence-corrected chi connectivity index (χ3v) is 3.34. The summed E-state index contributed by atoms with van der Waals surface area (Å²) in [5, 5.41) is 3.45. The number of fused-ring (bicyclic) bond motifs is 1. The van der Waals surface area contributed by atoms with E-state index in [-0.39, 0.29) is 18.1 Å². The third kappa shape index (κ3) is 3.10. The van der Waals surface area contributed by atoms with Crippen molar-refractivity contribution < 1.29 is 9.59 Å². The largest absolute Gasteiger partial charge is 0.398 e. The topological polar surface area (TPSA) is 111 Å². The van der Waals surface area contributed by atoms with Crippen molar-refractivity contribution in [2.24, 2.45) is 11.1 Å². The first kappa shape index (κ1) is 14.8. The van der Waals surface area contributed by atoms with E-state index >= 15 is 0 Å². The van der Waals surface area contributed by atoms with Crippen LogP contribution in [0, 0.1) is 5.41 Å². The predicted molar refractivity (Wildman–Crippen MR) is 81.5 cm³/mol. The predicted octanol–water partition coefficient (Wildman–Crippen LogP) is 1.06. The lowest BCUT2D eigenvalue weighted by Gasteiger charge is -2.20. The molecule has 2 amide bonds. The van der Waals surface area contributed by atoms with Crippen LogP contribution in [0.1, 0.15) is 24.3 Å². The van der Waals surface area contributed by atoms with Gasteiger partial charge in [-0.05, 0) is 26.0 Å². The molecule has 0 spiro atoms. The van der Waals surface area contributed by atoms with Crippen molar-refractivity contribution in [2.45, 2.75) is 13.8 Å². The molecule has 1 heterocycles. The maximum atomic E-state index is 12.1. The first-order valence-corrected chi connectivity index (χ1v) is 6.54. The Morgan fingerprint density at radius 2 is 1.95 bits per heavy atom. The van der Waals surface area contributed by atoms with Crippen LogP contribution in [0.3, 0.4) is 0 Å².